The maximum atomic E-state index is 12.0. The number of nitrogens with one attached hydrogen (secondary N) is 3. The van der Waals surface area contributed by atoms with E-state index in [1.807, 2.05) is 0 Å². The normalized spacial score (nSPS) is 22.2. The first kappa shape index (κ1) is 21.0. The summed E-state index contributed by atoms with van der Waals surface area (Å²) in [6.07, 6.45) is 6.09. The van der Waals surface area contributed by atoms with E-state index in [2.05, 4.69) is 34.7 Å². The van der Waals surface area contributed by atoms with Crippen LogP contribution >= 0.6 is 0 Å². The number of ether oxygens (including phenoxy) is 1. The SMILES string of the molecule is CC(C)CN1CCO[C@@H](CNC(=O)CCNC(=O)NC2CCCCC2)C1. The predicted molar refractivity (Wildman–Crippen MR) is 102 cm³/mol. The Morgan fingerprint density at radius 1 is 1.15 bits per heavy atom. The van der Waals surface area contributed by atoms with Gasteiger partial charge < -0.3 is 20.7 Å². The van der Waals surface area contributed by atoms with Crippen LogP contribution in [0.1, 0.15) is 52.4 Å². The third-order valence-electron chi connectivity index (χ3n) is 4.95. The molecule has 2 aliphatic rings. The molecule has 7 nitrogen and oxygen atoms in total. The van der Waals surface area contributed by atoms with Crippen LogP contribution in [-0.2, 0) is 9.53 Å². The minimum atomic E-state index is -0.162. The van der Waals surface area contributed by atoms with Crippen LogP contribution in [0.5, 0.6) is 0 Å². The quantitative estimate of drug-likeness (QED) is 0.606. The molecular weight excluding hydrogens is 332 g/mol. The Hall–Kier alpha value is -1.34. The van der Waals surface area contributed by atoms with Crippen molar-refractivity contribution in [3.63, 3.8) is 0 Å². The lowest BCUT2D eigenvalue weighted by Gasteiger charge is -2.33. The van der Waals surface area contributed by atoms with E-state index in [0.717, 1.165) is 39.1 Å². The van der Waals surface area contributed by atoms with Gasteiger partial charge in [-0.3, -0.25) is 9.69 Å². The summed E-state index contributed by atoms with van der Waals surface area (Å²) in [6.45, 7) is 8.91. The Bertz CT molecular complexity index is 439. The summed E-state index contributed by atoms with van der Waals surface area (Å²) >= 11 is 0. The first-order valence-electron chi connectivity index (χ1n) is 10.2. The van der Waals surface area contributed by atoms with Gasteiger partial charge in [0.1, 0.15) is 0 Å². The van der Waals surface area contributed by atoms with Gasteiger partial charge in [-0.2, -0.15) is 0 Å². The summed E-state index contributed by atoms with van der Waals surface area (Å²) in [6, 6.07) is 0.124. The van der Waals surface area contributed by atoms with Gasteiger partial charge >= 0.3 is 6.03 Å². The maximum Gasteiger partial charge on any atom is 0.315 e. The van der Waals surface area contributed by atoms with E-state index in [4.69, 9.17) is 4.74 Å². The van der Waals surface area contributed by atoms with Crippen molar-refractivity contribution in [1.29, 1.82) is 0 Å². The highest BCUT2D eigenvalue weighted by Crippen LogP contribution is 2.17. The Kier molecular flexibility index (Phi) is 9.18. The molecule has 1 heterocycles. The zero-order valence-electron chi connectivity index (χ0n) is 16.4. The zero-order valence-corrected chi connectivity index (χ0v) is 16.4. The summed E-state index contributed by atoms with van der Waals surface area (Å²) < 4.78 is 5.73. The first-order chi connectivity index (χ1) is 12.5. The summed E-state index contributed by atoms with van der Waals surface area (Å²) in [5, 5.41) is 8.69. The Labute approximate surface area is 157 Å². The minimum absolute atomic E-state index is 0.0486. The predicted octanol–water partition coefficient (Wildman–Crippen LogP) is 1.48. The van der Waals surface area contributed by atoms with Crippen LogP contribution in [0.3, 0.4) is 0 Å². The van der Waals surface area contributed by atoms with Gasteiger partial charge in [-0.05, 0) is 18.8 Å². The maximum absolute atomic E-state index is 12.0. The van der Waals surface area contributed by atoms with Crippen molar-refractivity contribution in [3.05, 3.63) is 0 Å². The average molecular weight is 369 g/mol. The highest BCUT2D eigenvalue weighted by Gasteiger charge is 2.21. The molecule has 1 atom stereocenters. The third-order valence-corrected chi connectivity index (χ3v) is 4.95. The molecule has 1 aliphatic carbocycles. The Morgan fingerprint density at radius 3 is 2.65 bits per heavy atom. The smallest absolute Gasteiger partial charge is 0.315 e. The topological polar surface area (TPSA) is 82.7 Å². The number of hydrogen-bond donors (Lipinski definition) is 3. The van der Waals surface area contributed by atoms with E-state index in [9.17, 15) is 9.59 Å². The number of hydrogen-bond acceptors (Lipinski definition) is 4. The highest BCUT2D eigenvalue weighted by atomic mass is 16.5. The van der Waals surface area contributed by atoms with Crippen molar-refractivity contribution in [1.82, 2.24) is 20.9 Å². The van der Waals surface area contributed by atoms with E-state index in [1.165, 1.54) is 19.3 Å². The second kappa shape index (κ2) is 11.4. The Morgan fingerprint density at radius 2 is 1.92 bits per heavy atom. The molecule has 0 aromatic heterocycles. The summed E-state index contributed by atoms with van der Waals surface area (Å²) in [5.41, 5.74) is 0. The van der Waals surface area contributed by atoms with Gasteiger partial charge in [-0.1, -0.05) is 33.1 Å². The number of rotatable bonds is 8. The molecule has 3 amide bonds. The number of urea groups is 1. The van der Waals surface area contributed by atoms with Crippen molar-refractivity contribution in [3.8, 4) is 0 Å². The molecule has 0 unspecified atom stereocenters. The van der Waals surface area contributed by atoms with Gasteiger partial charge in [0.25, 0.3) is 0 Å². The molecule has 2 rings (SSSR count). The zero-order chi connectivity index (χ0) is 18.8. The van der Waals surface area contributed by atoms with Crippen molar-refractivity contribution < 1.29 is 14.3 Å². The largest absolute Gasteiger partial charge is 0.374 e. The van der Waals surface area contributed by atoms with Crippen molar-refractivity contribution in [2.75, 3.05) is 39.3 Å². The second-order valence-electron chi connectivity index (χ2n) is 7.94. The van der Waals surface area contributed by atoms with Gasteiger partial charge in [-0.15, -0.1) is 0 Å². The average Bonchev–Trinajstić information content (AvgIpc) is 2.60. The van der Waals surface area contributed by atoms with Crippen molar-refractivity contribution in [2.45, 2.75) is 64.5 Å². The van der Waals surface area contributed by atoms with E-state index in [-0.39, 0.29) is 24.1 Å². The lowest BCUT2D eigenvalue weighted by Crippen LogP contribution is -2.48. The summed E-state index contributed by atoms with van der Waals surface area (Å²) in [4.78, 5) is 26.2. The van der Waals surface area contributed by atoms with Gasteiger partial charge in [0.15, 0.2) is 0 Å². The molecule has 150 valence electrons. The number of carbonyl (C=O) groups excluding carboxylic acids is 2. The van der Waals surface area contributed by atoms with Crippen molar-refractivity contribution in [2.24, 2.45) is 5.92 Å². The van der Waals surface area contributed by atoms with E-state index in [0.29, 0.717) is 25.4 Å². The number of morpholine rings is 1. The molecule has 0 aromatic carbocycles. The van der Waals surface area contributed by atoms with Crippen LogP contribution in [0.2, 0.25) is 0 Å². The first-order valence-corrected chi connectivity index (χ1v) is 10.2. The van der Waals surface area contributed by atoms with Crippen LogP contribution in [0, 0.1) is 5.92 Å². The lowest BCUT2D eigenvalue weighted by molar-refractivity contribution is -0.122. The molecule has 3 N–H and O–H groups in total. The van der Waals surface area contributed by atoms with E-state index in [1.54, 1.807) is 0 Å². The molecule has 0 spiro atoms. The number of amides is 3. The number of carbonyl (C=O) groups is 2. The fraction of sp³-hybridized carbons (Fsp3) is 0.895. The summed E-state index contributed by atoms with van der Waals surface area (Å²) in [5.74, 6) is 0.585. The van der Waals surface area contributed by atoms with Gasteiger partial charge in [0, 0.05) is 45.2 Å². The molecule has 0 radical (unpaired) electrons. The standard InChI is InChI=1S/C19H36N4O3/c1-15(2)13-23-10-11-26-17(14-23)12-21-18(24)8-9-20-19(25)22-16-6-4-3-5-7-16/h15-17H,3-14H2,1-2H3,(H,21,24)(H2,20,22,25)/t17-/m0/s1. The highest BCUT2D eigenvalue weighted by molar-refractivity contribution is 5.78. The minimum Gasteiger partial charge on any atom is -0.374 e. The van der Waals surface area contributed by atoms with Crippen LogP contribution < -0.4 is 16.0 Å². The van der Waals surface area contributed by atoms with Gasteiger partial charge in [-0.25, -0.2) is 4.79 Å². The molecule has 2 fully saturated rings. The molecule has 1 aliphatic heterocycles. The molecule has 7 heteroatoms. The van der Waals surface area contributed by atoms with E-state index < -0.39 is 0 Å². The van der Waals surface area contributed by atoms with Gasteiger partial charge in [0.2, 0.25) is 5.91 Å². The lowest BCUT2D eigenvalue weighted by atomic mass is 9.96. The van der Waals surface area contributed by atoms with Gasteiger partial charge in [0.05, 0.1) is 12.7 Å². The van der Waals surface area contributed by atoms with Crippen LogP contribution in [0.25, 0.3) is 0 Å². The monoisotopic (exact) mass is 368 g/mol. The van der Waals surface area contributed by atoms with Crippen LogP contribution in [0.15, 0.2) is 0 Å². The second-order valence-corrected chi connectivity index (χ2v) is 7.94. The molecule has 0 aromatic rings. The Balaban J connectivity index is 1.53. The van der Waals surface area contributed by atoms with Crippen molar-refractivity contribution >= 4 is 11.9 Å². The molecule has 0 bridgehead atoms. The molecule has 1 saturated carbocycles. The van der Waals surface area contributed by atoms with E-state index >= 15 is 0 Å². The van der Waals surface area contributed by atoms with Crippen LogP contribution in [-0.4, -0.2) is 68.3 Å². The van der Waals surface area contributed by atoms with Crippen LogP contribution in [0.4, 0.5) is 4.79 Å². The third kappa shape index (κ3) is 8.36. The number of nitrogens with zero attached hydrogens (tertiary/aromatic N) is 1. The fourth-order valence-electron chi connectivity index (χ4n) is 3.68. The summed E-state index contributed by atoms with van der Waals surface area (Å²) in [7, 11) is 0. The molecule has 26 heavy (non-hydrogen) atoms. The molecule has 1 saturated heterocycles. The fourth-order valence-corrected chi connectivity index (χ4v) is 3.68. The molecular formula is C19H36N4O3.